The fraction of sp³-hybridized carbons (Fsp3) is 0.455. The van der Waals surface area contributed by atoms with Crippen LogP contribution >= 0.6 is 11.6 Å². The number of pyridine rings is 1. The molecular weight excluding hydrogens is 242 g/mol. The average Bonchev–Trinajstić information content (AvgIpc) is 2.12. The second-order valence-electron chi connectivity index (χ2n) is 4.58. The molecule has 0 bridgehead atoms. The van der Waals surface area contributed by atoms with Gasteiger partial charge in [0, 0.05) is 19.2 Å². The highest BCUT2D eigenvalue weighted by Gasteiger charge is 2.20. The summed E-state index contributed by atoms with van der Waals surface area (Å²) in [4.78, 5) is 17.2. The monoisotopic (exact) mass is 257 g/mol. The van der Waals surface area contributed by atoms with Gasteiger partial charge in [0.15, 0.2) is 0 Å². The van der Waals surface area contributed by atoms with E-state index in [0.717, 1.165) is 0 Å². The number of amides is 1. The first-order chi connectivity index (χ1) is 7.69. The SMILES string of the molecule is CN(CC(C)(C)O)C(=O)c1cc(N)nc(Cl)c1. The number of rotatable bonds is 3. The van der Waals surface area contributed by atoms with Crippen molar-refractivity contribution in [2.75, 3.05) is 19.3 Å². The number of carbonyl (C=O) groups excluding carboxylic acids is 1. The third kappa shape index (κ3) is 4.20. The Morgan fingerprint density at radius 1 is 1.59 bits per heavy atom. The largest absolute Gasteiger partial charge is 0.389 e. The Kier molecular flexibility index (Phi) is 3.95. The first kappa shape index (κ1) is 13.7. The molecule has 0 atom stereocenters. The summed E-state index contributed by atoms with van der Waals surface area (Å²) >= 11 is 5.72. The maximum atomic E-state index is 12.0. The van der Waals surface area contributed by atoms with Crippen molar-refractivity contribution in [3.8, 4) is 0 Å². The Morgan fingerprint density at radius 2 is 2.18 bits per heavy atom. The maximum Gasteiger partial charge on any atom is 0.253 e. The summed E-state index contributed by atoms with van der Waals surface area (Å²) in [5.74, 6) is -0.0689. The van der Waals surface area contributed by atoms with Crippen LogP contribution in [0.3, 0.4) is 0 Å². The lowest BCUT2D eigenvalue weighted by atomic mass is 10.1. The van der Waals surface area contributed by atoms with Crippen LogP contribution in [0.5, 0.6) is 0 Å². The van der Waals surface area contributed by atoms with Gasteiger partial charge in [-0.1, -0.05) is 11.6 Å². The third-order valence-electron chi connectivity index (χ3n) is 2.03. The molecule has 0 saturated carbocycles. The molecule has 1 aromatic rings. The second-order valence-corrected chi connectivity index (χ2v) is 4.96. The van der Waals surface area contributed by atoms with E-state index in [9.17, 15) is 9.90 Å². The summed E-state index contributed by atoms with van der Waals surface area (Å²) in [5.41, 5.74) is 4.91. The van der Waals surface area contributed by atoms with E-state index in [-0.39, 0.29) is 23.4 Å². The number of hydrogen-bond donors (Lipinski definition) is 2. The van der Waals surface area contributed by atoms with E-state index in [4.69, 9.17) is 17.3 Å². The Bertz CT molecular complexity index is 409. The summed E-state index contributed by atoms with van der Waals surface area (Å²) in [6.45, 7) is 3.47. The van der Waals surface area contributed by atoms with E-state index in [1.54, 1.807) is 20.9 Å². The number of nitrogens with two attached hydrogens (primary N) is 1. The number of halogens is 1. The number of hydrogen-bond acceptors (Lipinski definition) is 4. The van der Waals surface area contributed by atoms with Crippen molar-refractivity contribution in [1.82, 2.24) is 9.88 Å². The molecule has 94 valence electrons. The Morgan fingerprint density at radius 3 is 2.65 bits per heavy atom. The minimum Gasteiger partial charge on any atom is -0.389 e. The zero-order chi connectivity index (χ0) is 13.2. The third-order valence-corrected chi connectivity index (χ3v) is 2.23. The molecule has 0 aliphatic heterocycles. The van der Waals surface area contributed by atoms with Gasteiger partial charge in [0.25, 0.3) is 5.91 Å². The van der Waals surface area contributed by atoms with Gasteiger partial charge < -0.3 is 15.7 Å². The molecule has 5 nitrogen and oxygen atoms in total. The highest BCUT2D eigenvalue weighted by molar-refractivity contribution is 6.29. The molecule has 17 heavy (non-hydrogen) atoms. The van der Waals surface area contributed by atoms with Gasteiger partial charge in [-0.2, -0.15) is 0 Å². The molecule has 3 N–H and O–H groups in total. The lowest BCUT2D eigenvalue weighted by molar-refractivity contribution is 0.0368. The molecule has 0 spiro atoms. The van der Waals surface area contributed by atoms with Gasteiger partial charge in [-0.05, 0) is 26.0 Å². The van der Waals surface area contributed by atoms with Crippen LogP contribution in [0, 0.1) is 0 Å². The van der Waals surface area contributed by atoms with Gasteiger partial charge in [-0.25, -0.2) is 4.98 Å². The van der Waals surface area contributed by atoms with Crippen LogP contribution in [0.4, 0.5) is 5.82 Å². The number of aliphatic hydroxyl groups is 1. The molecule has 1 aromatic heterocycles. The minimum absolute atomic E-state index is 0.171. The summed E-state index contributed by atoms with van der Waals surface area (Å²) in [7, 11) is 1.60. The molecule has 0 aliphatic rings. The Balaban J connectivity index is 2.89. The van der Waals surface area contributed by atoms with Crippen LogP contribution < -0.4 is 5.73 Å². The molecular formula is C11H16ClN3O2. The van der Waals surface area contributed by atoms with E-state index in [0.29, 0.717) is 5.56 Å². The first-order valence-electron chi connectivity index (χ1n) is 5.10. The standard InChI is InChI=1S/C11H16ClN3O2/c1-11(2,17)6-15(3)10(16)7-4-8(12)14-9(13)5-7/h4-5,17H,6H2,1-3H3,(H2,13,14). The van der Waals surface area contributed by atoms with Crippen LogP contribution in [0.2, 0.25) is 5.15 Å². The van der Waals surface area contributed by atoms with Crippen LogP contribution in [-0.2, 0) is 0 Å². The Labute approximate surface area is 105 Å². The van der Waals surface area contributed by atoms with Crippen LogP contribution in [0.15, 0.2) is 12.1 Å². The fourth-order valence-electron chi connectivity index (χ4n) is 1.51. The maximum absolute atomic E-state index is 12.0. The number of aromatic nitrogens is 1. The average molecular weight is 258 g/mol. The van der Waals surface area contributed by atoms with Crippen LogP contribution in [0.25, 0.3) is 0 Å². The summed E-state index contributed by atoms with van der Waals surface area (Å²) in [5, 5.41) is 9.81. The fourth-order valence-corrected chi connectivity index (χ4v) is 1.73. The topological polar surface area (TPSA) is 79.5 Å². The number of nitrogen functional groups attached to an aromatic ring is 1. The van der Waals surface area contributed by atoms with Gasteiger partial charge in [0.2, 0.25) is 0 Å². The predicted octanol–water partition coefficient (Wildman–Crippen LogP) is 1.16. The summed E-state index contributed by atoms with van der Waals surface area (Å²) < 4.78 is 0. The van der Waals surface area contributed by atoms with E-state index in [1.807, 2.05) is 0 Å². The highest BCUT2D eigenvalue weighted by Crippen LogP contribution is 2.15. The molecule has 0 unspecified atom stereocenters. The number of carbonyl (C=O) groups is 1. The summed E-state index contributed by atoms with van der Waals surface area (Å²) in [6, 6.07) is 2.90. The normalized spacial score (nSPS) is 11.4. The molecule has 0 aliphatic carbocycles. The Hall–Kier alpha value is -1.33. The zero-order valence-electron chi connectivity index (χ0n) is 10.1. The van der Waals surface area contributed by atoms with Gasteiger partial charge in [0.05, 0.1) is 5.60 Å². The van der Waals surface area contributed by atoms with E-state index in [2.05, 4.69) is 4.98 Å². The van der Waals surface area contributed by atoms with Crippen molar-refractivity contribution in [3.05, 3.63) is 22.8 Å². The molecule has 1 rings (SSSR count). The van der Waals surface area contributed by atoms with Crippen LogP contribution in [0.1, 0.15) is 24.2 Å². The van der Waals surface area contributed by atoms with Gasteiger partial charge >= 0.3 is 0 Å². The van der Waals surface area contributed by atoms with Crippen molar-refractivity contribution in [1.29, 1.82) is 0 Å². The number of anilines is 1. The number of nitrogens with zero attached hydrogens (tertiary/aromatic N) is 2. The predicted molar refractivity (Wildman–Crippen MR) is 66.9 cm³/mol. The van der Waals surface area contributed by atoms with Crippen molar-refractivity contribution < 1.29 is 9.90 Å². The molecule has 1 amide bonds. The smallest absolute Gasteiger partial charge is 0.253 e. The molecule has 0 radical (unpaired) electrons. The second kappa shape index (κ2) is 4.89. The van der Waals surface area contributed by atoms with Crippen molar-refractivity contribution >= 4 is 23.3 Å². The quantitative estimate of drug-likeness (QED) is 0.797. The van der Waals surface area contributed by atoms with Crippen molar-refractivity contribution in [3.63, 3.8) is 0 Å². The molecule has 6 heteroatoms. The molecule has 1 heterocycles. The van der Waals surface area contributed by atoms with Crippen molar-refractivity contribution in [2.45, 2.75) is 19.4 Å². The first-order valence-corrected chi connectivity index (χ1v) is 5.48. The lowest BCUT2D eigenvalue weighted by Crippen LogP contribution is -2.39. The lowest BCUT2D eigenvalue weighted by Gasteiger charge is -2.25. The van der Waals surface area contributed by atoms with Crippen LogP contribution in [-0.4, -0.2) is 40.1 Å². The van der Waals surface area contributed by atoms with Crippen molar-refractivity contribution in [2.24, 2.45) is 0 Å². The highest BCUT2D eigenvalue weighted by atomic mass is 35.5. The number of likely N-dealkylation sites (N-methyl/N-ethyl adjacent to an activating group) is 1. The molecule has 0 aromatic carbocycles. The molecule has 0 fully saturated rings. The van der Waals surface area contributed by atoms with Gasteiger partial charge in [-0.3, -0.25) is 4.79 Å². The van der Waals surface area contributed by atoms with E-state index >= 15 is 0 Å². The van der Waals surface area contributed by atoms with E-state index < -0.39 is 5.60 Å². The molecule has 0 saturated heterocycles. The van der Waals surface area contributed by atoms with E-state index in [1.165, 1.54) is 17.0 Å². The van der Waals surface area contributed by atoms with Gasteiger partial charge in [0.1, 0.15) is 11.0 Å². The summed E-state index contributed by atoms with van der Waals surface area (Å²) in [6.07, 6.45) is 0. The zero-order valence-corrected chi connectivity index (χ0v) is 10.8. The van der Waals surface area contributed by atoms with Gasteiger partial charge in [-0.15, -0.1) is 0 Å². The minimum atomic E-state index is -0.952.